The normalized spacial score (nSPS) is 18.9. The highest BCUT2D eigenvalue weighted by Crippen LogP contribution is 2.13. The first-order valence-corrected chi connectivity index (χ1v) is 4.26. The SMILES string of the molecule is C=CN1CCC(OC(C)=O)CC1. The van der Waals surface area contributed by atoms with E-state index in [0.29, 0.717) is 0 Å². The van der Waals surface area contributed by atoms with E-state index in [0.717, 1.165) is 25.9 Å². The average Bonchev–Trinajstić information content (AvgIpc) is 2.05. The van der Waals surface area contributed by atoms with E-state index in [1.807, 2.05) is 6.20 Å². The van der Waals surface area contributed by atoms with Crippen molar-refractivity contribution in [2.45, 2.75) is 25.9 Å². The minimum Gasteiger partial charge on any atom is -0.462 e. The van der Waals surface area contributed by atoms with E-state index in [-0.39, 0.29) is 12.1 Å². The molecule has 0 aromatic carbocycles. The molecule has 0 unspecified atom stereocenters. The summed E-state index contributed by atoms with van der Waals surface area (Å²) in [5.74, 6) is -0.174. The molecule has 3 heteroatoms. The van der Waals surface area contributed by atoms with Crippen LogP contribution in [0.2, 0.25) is 0 Å². The summed E-state index contributed by atoms with van der Waals surface area (Å²) in [4.78, 5) is 12.7. The molecule has 68 valence electrons. The maximum atomic E-state index is 10.6. The number of rotatable bonds is 2. The topological polar surface area (TPSA) is 29.5 Å². The molecule has 0 amide bonds. The molecule has 0 N–H and O–H groups in total. The van der Waals surface area contributed by atoms with Crippen LogP contribution in [-0.2, 0) is 9.53 Å². The van der Waals surface area contributed by atoms with Crippen LogP contribution in [0.4, 0.5) is 0 Å². The van der Waals surface area contributed by atoms with Crippen molar-refractivity contribution in [1.82, 2.24) is 4.90 Å². The van der Waals surface area contributed by atoms with Gasteiger partial charge in [-0.15, -0.1) is 0 Å². The molecular weight excluding hydrogens is 154 g/mol. The van der Waals surface area contributed by atoms with Crippen molar-refractivity contribution < 1.29 is 9.53 Å². The smallest absolute Gasteiger partial charge is 0.302 e. The van der Waals surface area contributed by atoms with Crippen LogP contribution in [0.15, 0.2) is 12.8 Å². The van der Waals surface area contributed by atoms with Gasteiger partial charge in [-0.05, 0) is 6.20 Å². The van der Waals surface area contributed by atoms with Gasteiger partial charge in [-0.1, -0.05) is 6.58 Å². The largest absolute Gasteiger partial charge is 0.462 e. The van der Waals surface area contributed by atoms with Gasteiger partial charge in [0.05, 0.1) is 0 Å². The predicted octanol–water partition coefficient (Wildman–Crippen LogP) is 1.16. The lowest BCUT2D eigenvalue weighted by atomic mass is 10.1. The van der Waals surface area contributed by atoms with Crippen molar-refractivity contribution in [2.24, 2.45) is 0 Å². The number of nitrogens with zero attached hydrogens (tertiary/aromatic N) is 1. The molecule has 12 heavy (non-hydrogen) atoms. The minimum absolute atomic E-state index is 0.124. The third-order valence-electron chi connectivity index (χ3n) is 2.07. The number of carbonyl (C=O) groups is 1. The number of carbonyl (C=O) groups excluding carboxylic acids is 1. The third kappa shape index (κ3) is 2.57. The first-order valence-electron chi connectivity index (χ1n) is 4.26. The quantitative estimate of drug-likeness (QED) is 0.581. The van der Waals surface area contributed by atoms with Gasteiger partial charge < -0.3 is 9.64 Å². The molecule has 0 bridgehead atoms. The highest BCUT2D eigenvalue weighted by Gasteiger charge is 2.18. The van der Waals surface area contributed by atoms with Crippen LogP contribution in [0.25, 0.3) is 0 Å². The molecule has 3 nitrogen and oxygen atoms in total. The van der Waals surface area contributed by atoms with Crippen LogP contribution >= 0.6 is 0 Å². The maximum Gasteiger partial charge on any atom is 0.302 e. The Balaban J connectivity index is 2.26. The Bertz CT molecular complexity index is 171. The van der Waals surface area contributed by atoms with Crippen molar-refractivity contribution in [3.8, 4) is 0 Å². The van der Waals surface area contributed by atoms with E-state index in [9.17, 15) is 4.79 Å². The highest BCUT2D eigenvalue weighted by atomic mass is 16.5. The Kier molecular flexibility index (Phi) is 3.14. The summed E-state index contributed by atoms with van der Waals surface area (Å²) in [6.07, 6.45) is 3.81. The lowest BCUT2D eigenvalue weighted by molar-refractivity contribution is -0.148. The molecule has 1 aliphatic heterocycles. The van der Waals surface area contributed by atoms with Crippen molar-refractivity contribution in [3.05, 3.63) is 12.8 Å². The highest BCUT2D eigenvalue weighted by molar-refractivity contribution is 5.66. The molecule has 1 rings (SSSR count). The van der Waals surface area contributed by atoms with Crippen LogP contribution in [0.3, 0.4) is 0 Å². The summed E-state index contributed by atoms with van der Waals surface area (Å²) in [6.45, 7) is 7.04. The van der Waals surface area contributed by atoms with E-state index in [1.54, 1.807) is 0 Å². The molecule has 1 heterocycles. The van der Waals surface area contributed by atoms with Crippen molar-refractivity contribution in [3.63, 3.8) is 0 Å². The van der Waals surface area contributed by atoms with E-state index in [1.165, 1.54) is 6.92 Å². The van der Waals surface area contributed by atoms with Gasteiger partial charge in [-0.25, -0.2) is 0 Å². The van der Waals surface area contributed by atoms with Crippen molar-refractivity contribution in [1.29, 1.82) is 0 Å². The van der Waals surface area contributed by atoms with Gasteiger partial charge in [0.25, 0.3) is 0 Å². The number of esters is 1. The predicted molar refractivity (Wildman–Crippen MR) is 46.6 cm³/mol. The number of ether oxygens (including phenoxy) is 1. The standard InChI is InChI=1S/C9H15NO2/c1-3-10-6-4-9(5-7-10)12-8(2)11/h3,9H,1,4-7H2,2H3. The summed E-state index contributed by atoms with van der Waals surface area (Å²) in [6, 6.07) is 0. The van der Waals surface area contributed by atoms with E-state index >= 15 is 0 Å². The van der Waals surface area contributed by atoms with E-state index in [4.69, 9.17) is 4.74 Å². The summed E-state index contributed by atoms with van der Waals surface area (Å²) in [5.41, 5.74) is 0. The van der Waals surface area contributed by atoms with Crippen LogP contribution in [0.5, 0.6) is 0 Å². The zero-order valence-electron chi connectivity index (χ0n) is 7.45. The fourth-order valence-corrected chi connectivity index (χ4v) is 1.41. The Morgan fingerprint density at radius 1 is 1.58 bits per heavy atom. The minimum atomic E-state index is -0.174. The molecule has 1 aliphatic rings. The monoisotopic (exact) mass is 169 g/mol. The number of hydrogen-bond donors (Lipinski definition) is 0. The van der Waals surface area contributed by atoms with Gasteiger partial charge in [0.15, 0.2) is 0 Å². The lowest BCUT2D eigenvalue weighted by Crippen LogP contribution is -2.34. The summed E-state index contributed by atoms with van der Waals surface area (Å²) in [5, 5.41) is 0. The van der Waals surface area contributed by atoms with Gasteiger partial charge in [0, 0.05) is 32.9 Å². The Morgan fingerprint density at radius 2 is 2.17 bits per heavy atom. The first-order chi connectivity index (χ1) is 5.72. The summed E-state index contributed by atoms with van der Waals surface area (Å²) in [7, 11) is 0. The Hall–Kier alpha value is -0.990. The molecule has 0 spiro atoms. The molecule has 0 aromatic heterocycles. The van der Waals surface area contributed by atoms with Gasteiger partial charge in [0.2, 0.25) is 0 Å². The zero-order valence-corrected chi connectivity index (χ0v) is 7.45. The summed E-state index contributed by atoms with van der Waals surface area (Å²) < 4.78 is 5.08. The fourth-order valence-electron chi connectivity index (χ4n) is 1.41. The zero-order chi connectivity index (χ0) is 8.97. The first kappa shape index (κ1) is 9.10. The molecule has 1 fully saturated rings. The third-order valence-corrected chi connectivity index (χ3v) is 2.07. The van der Waals surface area contributed by atoms with Gasteiger partial charge in [-0.2, -0.15) is 0 Å². The number of likely N-dealkylation sites (tertiary alicyclic amines) is 1. The Labute approximate surface area is 73.0 Å². The second-order valence-corrected chi connectivity index (χ2v) is 3.03. The maximum absolute atomic E-state index is 10.6. The lowest BCUT2D eigenvalue weighted by Gasteiger charge is -2.30. The number of piperidine rings is 1. The summed E-state index contributed by atoms with van der Waals surface area (Å²) >= 11 is 0. The van der Waals surface area contributed by atoms with Crippen LogP contribution in [0.1, 0.15) is 19.8 Å². The second-order valence-electron chi connectivity index (χ2n) is 3.03. The molecule has 1 saturated heterocycles. The second kappa shape index (κ2) is 4.14. The van der Waals surface area contributed by atoms with Gasteiger partial charge >= 0.3 is 5.97 Å². The van der Waals surface area contributed by atoms with E-state index in [2.05, 4.69) is 11.5 Å². The molecule has 0 radical (unpaired) electrons. The molecule has 0 aromatic rings. The van der Waals surface area contributed by atoms with Crippen LogP contribution < -0.4 is 0 Å². The Morgan fingerprint density at radius 3 is 2.58 bits per heavy atom. The average molecular weight is 169 g/mol. The molecule has 0 atom stereocenters. The van der Waals surface area contributed by atoms with Gasteiger partial charge in [0.1, 0.15) is 6.10 Å². The van der Waals surface area contributed by atoms with Crippen LogP contribution in [-0.4, -0.2) is 30.1 Å². The van der Waals surface area contributed by atoms with Crippen molar-refractivity contribution in [2.75, 3.05) is 13.1 Å². The van der Waals surface area contributed by atoms with Crippen molar-refractivity contribution >= 4 is 5.97 Å². The number of hydrogen-bond acceptors (Lipinski definition) is 3. The fraction of sp³-hybridized carbons (Fsp3) is 0.667. The van der Waals surface area contributed by atoms with E-state index < -0.39 is 0 Å². The van der Waals surface area contributed by atoms with Crippen LogP contribution in [0, 0.1) is 0 Å². The van der Waals surface area contributed by atoms with Gasteiger partial charge in [-0.3, -0.25) is 4.79 Å². The molecule has 0 aliphatic carbocycles. The molecule has 0 saturated carbocycles. The molecular formula is C9H15NO2.